The smallest absolute Gasteiger partial charge is 0.0704 e. The fourth-order valence-corrected chi connectivity index (χ4v) is 3.29. The van der Waals surface area contributed by atoms with Crippen LogP contribution in [0.1, 0.15) is 11.3 Å². The van der Waals surface area contributed by atoms with Crippen molar-refractivity contribution in [2.45, 2.75) is 6.42 Å². The molecule has 0 spiro atoms. The summed E-state index contributed by atoms with van der Waals surface area (Å²) in [4.78, 5) is 2.33. The zero-order chi connectivity index (χ0) is 13.0. The quantitative estimate of drug-likeness (QED) is 0.586. The molecule has 2 heterocycles. The Morgan fingerprint density at radius 1 is 0.895 bits per heavy atom. The second kappa shape index (κ2) is 3.64. The number of aryl methyl sites for hydroxylation is 1. The zero-order valence-electron chi connectivity index (χ0n) is 11.2. The Balaban J connectivity index is 2.07. The number of aromatic nitrogens is 1. The number of rotatable bonds is 0. The Morgan fingerprint density at radius 3 is 2.53 bits per heavy atom. The molecule has 2 nitrogen and oxygen atoms in total. The Kier molecular flexibility index (Phi) is 2.05. The van der Waals surface area contributed by atoms with E-state index in [1.165, 1.54) is 33.5 Å². The van der Waals surface area contributed by atoms with Crippen molar-refractivity contribution < 1.29 is 0 Å². The summed E-state index contributed by atoms with van der Waals surface area (Å²) in [6.07, 6.45) is 1.01. The van der Waals surface area contributed by atoms with E-state index >= 15 is 0 Å². The van der Waals surface area contributed by atoms with Gasteiger partial charge in [0.05, 0.1) is 11.2 Å². The predicted molar refractivity (Wildman–Crippen MR) is 80.2 cm³/mol. The molecule has 0 fully saturated rings. The molecule has 0 radical (unpaired) electrons. The maximum absolute atomic E-state index is 2.33. The lowest BCUT2D eigenvalue weighted by Crippen LogP contribution is -2.18. The molecule has 19 heavy (non-hydrogen) atoms. The van der Waals surface area contributed by atoms with Gasteiger partial charge in [-0.15, -0.1) is 0 Å². The van der Waals surface area contributed by atoms with Crippen molar-refractivity contribution >= 4 is 22.3 Å². The second-order valence-electron chi connectivity index (χ2n) is 5.24. The fourth-order valence-electron chi connectivity index (χ4n) is 3.29. The van der Waals surface area contributed by atoms with Crippen LogP contribution in [0.2, 0.25) is 0 Å². The number of anilines is 2. The van der Waals surface area contributed by atoms with Gasteiger partial charge >= 0.3 is 0 Å². The number of para-hydroxylation sites is 2. The maximum Gasteiger partial charge on any atom is 0.0704 e. The van der Waals surface area contributed by atoms with E-state index in [2.05, 4.69) is 72.1 Å². The van der Waals surface area contributed by atoms with Crippen LogP contribution in [-0.4, -0.2) is 11.6 Å². The van der Waals surface area contributed by atoms with Gasteiger partial charge in [-0.25, -0.2) is 0 Å². The average molecular weight is 248 g/mol. The molecule has 0 aliphatic carbocycles. The molecule has 0 amide bonds. The van der Waals surface area contributed by atoms with E-state index in [1.807, 2.05) is 0 Å². The van der Waals surface area contributed by atoms with Gasteiger partial charge < -0.3 is 9.47 Å². The summed E-state index contributed by atoms with van der Waals surface area (Å²) in [5.74, 6) is 0. The summed E-state index contributed by atoms with van der Waals surface area (Å²) < 4.78 is 2.33. The monoisotopic (exact) mass is 248 g/mol. The molecule has 0 unspecified atom stereocenters. The normalized spacial score (nSPS) is 13.5. The molecule has 2 aromatic carbocycles. The van der Waals surface area contributed by atoms with Crippen LogP contribution in [0.5, 0.6) is 0 Å². The molecular formula is C17H16N2. The van der Waals surface area contributed by atoms with E-state index in [4.69, 9.17) is 0 Å². The van der Waals surface area contributed by atoms with Crippen LogP contribution in [0, 0.1) is 0 Å². The number of nitrogens with zero attached hydrogens (tertiary/aromatic N) is 2. The van der Waals surface area contributed by atoms with Gasteiger partial charge in [0.15, 0.2) is 0 Å². The third-order valence-electron chi connectivity index (χ3n) is 4.25. The van der Waals surface area contributed by atoms with Crippen molar-refractivity contribution in [3.05, 3.63) is 59.8 Å². The average Bonchev–Trinajstić information content (AvgIpc) is 2.74. The Morgan fingerprint density at radius 2 is 1.63 bits per heavy atom. The summed E-state index contributed by atoms with van der Waals surface area (Å²) in [6.45, 7) is 0. The molecule has 3 aromatic rings. The molecule has 1 aromatic heterocycles. The van der Waals surface area contributed by atoms with Crippen molar-refractivity contribution in [1.82, 2.24) is 4.57 Å². The highest BCUT2D eigenvalue weighted by molar-refractivity contribution is 5.99. The molecule has 0 atom stereocenters. The first-order valence-corrected chi connectivity index (χ1v) is 6.65. The molecule has 1 aliphatic heterocycles. The summed E-state index contributed by atoms with van der Waals surface area (Å²) in [5.41, 5.74) is 6.81. The minimum absolute atomic E-state index is 1.01. The molecule has 0 saturated carbocycles. The number of benzene rings is 2. The van der Waals surface area contributed by atoms with Crippen LogP contribution in [0.15, 0.2) is 48.5 Å². The highest BCUT2D eigenvalue weighted by atomic mass is 15.2. The lowest BCUT2D eigenvalue weighted by Gasteiger charge is -2.28. The number of fused-ring (bicyclic) bond motifs is 4. The van der Waals surface area contributed by atoms with E-state index in [-0.39, 0.29) is 0 Å². The van der Waals surface area contributed by atoms with Crippen LogP contribution in [-0.2, 0) is 13.5 Å². The van der Waals surface area contributed by atoms with Crippen molar-refractivity contribution in [3.63, 3.8) is 0 Å². The predicted octanol–water partition coefficient (Wildman–Crippen LogP) is 3.85. The molecule has 1 aliphatic rings. The SMILES string of the molecule is CN1c2ccccc2Cc2c1c1ccccc1n2C. The third kappa shape index (κ3) is 1.31. The Hall–Kier alpha value is -2.22. The highest BCUT2D eigenvalue weighted by Crippen LogP contribution is 2.42. The number of hydrogen-bond donors (Lipinski definition) is 0. The van der Waals surface area contributed by atoms with Crippen molar-refractivity contribution in [1.29, 1.82) is 0 Å². The van der Waals surface area contributed by atoms with E-state index in [0.29, 0.717) is 0 Å². The lowest BCUT2D eigenvalue weighted by atomic mass is 10.00. The molecule has 2 heteroatoms. The van der Waals surface area contributed by atoms with Crippen LogP contribution in [0.3, 0.4) is 0 Å². The summed E-state index contributed by atoms with van der Waals surface area (Å²) in [6, 6.07) is 17.3. The maximum atomic E-state index is 2.33. The molecule has 0 bridgehead atoms. The molecular weight excluding hydrogens is 232 g/mol. The number of hydrogen-bond acceptors (Lipinski definition) is 1. The van der Waals surface area contributed by atoms with Crippen molar-refractivity contribution in [2.75, 3.05) is 11.9 Å². The highest BCUT2D eigenvalue weighted by Gasteiger charge is 2.25. The van der Waals surface area contributed by atoms with E-state index in [0.717, 1.165) is 6.42 Å². The first-order chi connectivity index (χ1) is 9.27. The van der Waals surface area contributed by atoms with Gasteiger partial charge in [0.2, 0.25) is 0 Å². The molecule has 0 N–H and O–H groups in total. The zero-order valence-corrected chi connectivity index (χ0v) is 11.2. The topological polar surface area (TPSA) is 8.17 Å². The van der Waals surface area contributed by atoms with Crippen molar-refractivity contribution in [2.24, 2.45) is 7.05 Å². The van der Waals surface area contributed by atoms with Gasteiger partial charge in [-0.1, -0.05) is 36.4 Å². The van der Waals surface area contributed by atoms with E-state index in [9.17, 15) is 0 Å². The fraction of sp³-hybridized carbons (Fsp3) is 0.176. The Bertz CT molecular complexity index is 783. The first-order valence-electron chi connectivity index (χ1n) is 6.65. The van der Waals surface area contributed by atoms with E-state index < -0.39 is 0 Å². The minimum atomic E-state index is 1.01. The van der Waals surface area contributed by atoms with E-state index in [1.54, 1.807) is 0 Å². The first kappa shape index (κ1) is 10.7. The van der Waals surface area contributed by atoms with Crippen LogP contribution in [0.4, 0.5) is 11.4 Å². The summed E-state index contributed by atoms with van der Waals surface area (Å²) in [5, 5.41) is 1.34. The lowest BCUT2D eigenvalue weighted by molar-refractivity contribution is 0.863. The van der Waals surface area contributed by atoms with Gasteiger partial charge in [0, 0.05) is 37.3 Å². The minimum Gasteiger partial charge on any atom is -0.345 e. The molecule has 0 saturated heterocycles. The van der Waals surface area contributed by atoms with Crippen LogP contribution in [0.25, 0.3) is 10.9 Å². The van der Waals surface area contributed by atoms with Crippen LogP contribution < -0.4 is 4.90 Å². The summed E-state index contributed by atoms with van der Waals surface area (Å²) in [7, 11) is 4.34. The van der Waals surface area contributed by atoms with Gasteiger partial charge in [-0.2, -0.15) is 0 Å². The standard InChI is InChI=1S/C17H16N2/c1-18-15-10-6-4-8-13(15)17-16(18)11-12-7-3-5-9-14(12)19(17)2/h3-10H,11H2,1-2H3. The van der Waals surface area contributed by atoms with Gasteiger partial charge in [-0.05, 0) is 17.7 Å². The largest absolute Gasteiger partial charge is 0.345 e. The summed E-state index contributed by atoms with van der Waals surface area (Å²) >= 11 is 0. The third-order valence-corrected chi connectivity index (χ3v) is 4.25. The second-order valence-corrected chi connectivity index (χ2v) is 5.24. The molecule has 4 rings (SSSR count). The Labute approximate surface area is 112 Å². The van der Waals surface area contributed by atoms with Crippen molar-refractivity contribution in [3.8, 4) is 0 Å². The van der Waals surface area contributed by atoms with Gasteiger partial charge in [0.1, 0.15) is 0 Å². The van der Waals surface area contributed by atoms with Gasteiger partial charge in [0.25, 0.3) is 0 Å². The van der Waals surface area contributed by atoms with Crippen LogP contribution >= 0.6 is 0 Å². The molecule has 94 valence electrons. The van der Waals surface area contributed by atoms with Gasteiger partial charge in [-0.3, -0.25) is 0 Å².